The smallest absolute Gasteiger partial charge is 0.277 e. The number of hydrogen-bond donors (Lipinski definition) is 0. The van der Waals surface area contributed by atoms with E-state index in [2.05, 4.69) is 10.2 Å². The minimum atomic E-state index is -0.234. The lowest BCUT2D eigenvalue weighted by atomic mass is 9.89. The zero-order valence-corrected chi connectivity index (χ0v) is 13.5. The number of hydrogen-bond acceptors (Lipinski definition) is 5. The van der Waals surface area contributed by atoms with Crippen molar-refractivity contribution in [1.82, 2.24) is 10.2 Å². The van der Waals surface area contributed by atoms with Crippen LogP contribution in [0.1, 0.15) is 61.2 Å². The highest BCUT2D eigenvalue weighted by Gasteiger charge is 2.23. The minimum absolute atomic E-state index is 0.0861. The summed E-state index contributed by atoms with van der Waals surface area (Å²) in [5.41, 5.74) is 0.717. The van der Waals surface area contributed by atoms with Crippen molar-refractivity contribution in [3.05, 3.63) is 41.8 Å². The molecule has 1 aliphatic carbocycles. The third-order valence-electron chi connectivity index (χ3n) is 4.08. The lowest BCUT2D eigenvalue weighted by molar-refractivity contribution is 0.0993. The summed E-state index contributed by atoms with van der Waals surface area (Å²) in [5.74, 6) is 1.22. The Morgan fingerprint density at radius 1 is 1.18 bits per heavy atom. The second-order valence-corrected chi connectivity index (χ2v) is 7.02. The maximum atomic E-state index is 12.3. The van der Waals surface area contributed by atoms with Crippen LogP contribution in [-0.2, 0) is 0 Å². The quantitative estimate of drug-likeness (QED) is 0.601. The maximum absolute atomic E-state index is 12.3. The van der Waals surface area contributed by atoms with Crippen molar-refractivity contribution < 1.29 is 9.21 Å². The van der Waals surface area contributed by atoms with Crippen LogP contribution in [0.5, 0.6) is 0 Å². The van der Waals surface area contributed by atoms with Gasteiger partial charge < -0.3 is 4.42 Å². The molecule has 4 nitrogen and oxygen atoms in total. The second-order valence-electron chi connectivity index (χ2n) is 5.73. The normalized spacial score (nSPS) is 17.3. The van der Waals surface area contributed by atoms with Gasteiger partial charge in [0.25, 0.3) is 5.22 Å². The van der Waals surface area contributed by atoms with E-state index >= 15 is 0 Å². The van der Waals surface area contributed by atoms with E-state index in [1.807, 2.05) is 37.3 Å². The molecule has 0 amide bonds. The summed E-state index contributed by atoms with van der Waals surface area (Å²) in [7, 11) is 0. The van der Waals surface area contributed by atoms with Crippen LogP contribution >= 0.6 is 11.8 Å². The minimum Gasteiger partial charge on any atom is -0.416 e. The van der Waals surface area contributed by atoms with E-state index in [1.54, 1.807) is 0 Å². The van der Waals surface area contributed by atoms with Gasteiger partial charge in [0, 0.05) is 11.5 Å². The molecule has 0 saturated heterocycles. The van der Waals surface area contributed by atoms with Crippen molar-refractivity contribution in [1.29, 1.82) is 0 Å². The predicted octanol–water partition coefficient (Wildman–Crippen LogP) is 4.48. The molecule has 1 saturated carbocycles. The molecule has 1 fully saturated rings. The molecule has 22 heavy (non-hydrogen) atoms. The molecule has 0 spiro atoms. The Labute approximate surface area is 134 Å². The molecule has 1 heterocycles. The number of nitrogens with zero attached hydrogens (tertiary/aromatic N) is 2. The number of carbonyl (C=O) groups is 1. The summed E-state index contributed by atoms with van der Waals surface area (Å²) in [6.07, 6.45) is 6.03. The first-order valence-electron chi connectivity index (χ1n) is 7.83. The standard InChI is InChI=1S/C17H20N2O2S/c1-12(15(20)13-8-4-2-5-9-13)22-17-19-18-16(21-17)14-10-6-3-7-11-14/h2,4-5,8-9,12,14H,3,6-7,10-11H2,1H3. The Hall–Kier alpha value is -1.62. The van der Waals surface area contributed by atoms with Crippen molar-refractivity contribution in [2.75, 3.05) is 0 Å². The fourth-order valence-electron chi connectivity index (χ4n) is 2.82. The van der Waals surface area contributed by atoms with Crippen LogP contribution in [0, 0.1) is 0 Å². The summed E-state index contributed by atoms with van der Waals surface area (Å²) >= 11 is 1.34. The third kappa shape index (κ3) is 3.58. The van der Waals surface area contributed by atoms with Crippen LogP contribution in [0.4, 0.5) is 0 Å². The fraction of sp³-hybridized carbons (Fsp3) is 0.471. The van der Waals surface area contributed by atoms with Crippen LogP contribution in [0.25, 0.3) is 0 Å². The lowest BCUT2D eigenvalue weighted by Crippen LogP contribution is -2.13. The number of carbonyl (C=O) groups excluding carboxylic acids is 1. The highest BCUT2D eigenvalue weighted by molar-refractivity contribution is 8.00. The highest BCUT2D eigenvalue weighted by atomic mass is 32.2. The second kappa shape index (κ2) is 7.09. The van der Waals surface area contributed by atoms with Gasteiger partial charge in [-0.05, 0) is 19.8 Å². The van der Waals surface area contributed by atoms with Crippen LogP contribution < -0.4 is 0 Å². The molecule has 0 aliphatic heterocycles. The molecule has 0 radical (unpaired) electrons. The molecule has 3 rings (SSSR count). The zero-order chi connectivity index (χ0) is 15.4. The maximum Gasteiger partial charge on any atom is 0.277 e. The summed E-state index contributed by atoms with van der Waals surface area (Å²) in [6, 6.07) is 9.32. The van der Waals surface area contributed by atoms with Crippen molar-refractivity contribution in [3.8, 4) is 0 Å². The Morgan fingerprint density at radius 3 is 2.64 bits per heavy atom. The van der Waals surface area contributed by atoms with Gasteiger partial charge in [-0.2, -0.15) is 0 Å². The predicted molar refractivity (Wildman–Crippen MR) is 86.2 cm³/mol. The first-order valence-corrected chi connectivity index (χ1v) is 8.71. The first-order chi connectivity index (χ1) is 10.7. The van der Waals surface area contributed by atoms with E-state index in [0.29, 0.717) is 11.1 Å². The Balaban J connectivity index is 1.63. The van der Waals surface area contributed by atoms with Gasteiger partial charge in [-0.3, -0.25) is 4.79 Å². The van der Waals surface area contributed by atoms with Gasteiger partial charge >= 0.3 is 0 Å². The SMILES string of the molecule is CC(Sc1nnc(C2CCCCC2)o1)C(=O)c1ccccc1. The number of benzene rings is 1. The van der Waals surface area contributed by atoms with Crippen molar-refractivity contribution in [2.24, 2.45) is 0 Å². The van der Waals surface area contributed by atoms with E-state index in [9.17, 15) is 4.79 Å². The monoisotopic (exact) mass is 316 g/mol. The summed E-state index contributed by atoms with van der Waals surface area (Å²) in [6.45, 7) is 1.88. The van der Waals surface area contributed by atoms with Gasteiger partial charge in [0.2, 0.25) is 5.89 Å². The Bertz CT molecular complexity index is 621. The highest BCUT2D eigenvalue weighted by Crippen LogP contribution is 2.33. The number of thioether (sulfide) groups is 1. The van der Waals surface area contributed by atoms with Gasteiger partial charge in [-0.1, -0.05) is 61.4 Å². The Morgan fingerprint density at radius 2 is 1.91 bits per heavy atom. The van der Waals surface area contributed by atoms with E-state index in [0.717, 1.165) is 24.3 Å². The lowest BCUT2D eigenvalue weighted by Gasteiger charge is -2.17. The largest absolute Gasteiger partial charge is 0.416 e. The van der Waals surface area contributed by atoms with Crippen LogP contribution in [0.2, 0.25) is 0 Å². The number of aromatic nitrogens is 2. The molecule has 0 bridgehead atoms. The summed E-state index contributed by atoms with van der Waals surface area (Å²) in [5, 5.41) is 8.54. The molecule has 116 valence electrons. The first kappa shape index (κ1) is 15.3. The molecule has 5 heteroatoms. The molecule has 1 aliphatic rings. The van der Waals surface area contributed by atoms with Gasteiger partial charge in [0.05, 0.1) is 5.25 Å². The van der Waals surface area contributed by atoms with Gasteiger partial charge in [0.1, 0.15) is 0 Å². The topological polar surface area (TPSA) is 56.0 Å². The van der Waals surface area contributed by atoms with Crippen molar-refractivity contribution >= 4 is 17.5 Å². The molecular weight excluding hydrogens is 296 g/mol. The number of ketones is 1. The number of rotatable bonds is 5. The zero-order valence-electron chi connectivity index (χ0n) is 12.7. The Kier molecular flexibility index (Phi) is 4.93. The average molecular weight is 316 g/mol. The van der Waals surface area contributed by atoms with E-state index < -0.39 is 0 Å². The molecule has 1 aromatic carbocycles. The molecular formula is C17H20N2O2S. The molecule has 1 unspecified atom stereocenters. The van der Waals surface area contributed by atoms with E-state index in [4.69, 9.17) is 4.42 Å². The van der Waals surface area contributed by atoms with E-state index in [1.165, 1.54) is 31.0 Å². The van der Waals surface area contributed by atoms with Crippen LogP contribution in [0.15, 0.2) is 40.0 Å². The number of Topliss-reactive ketones (excluding diaryl/α,β-unsaturated/α-hetero) is 1. The van der Waals surface area contributed by atoms with Crippen molar-refractivity contribution in [2.45, 2.75) is 55.4 Å². The molecule has 0 N–H and O–H groups in total. The van der Waals surface area contributed by atoms with Gasteiger partial charge in [-0.25, -0.2) is 0 Å². The average Bonchev–Trinajstić information content (AvgIpc) is 3.04. The van der Waals surface area contributed by atoms with Crippen molar-refractivity contribution in [3.63, 3.8) is 0 Å². The third-order valence-corrected chi connectivity index (χ3v) is 5.02. The van der Waals surface area contributed by atoms with E-state index in [-0.39, 0.29) is 11.0 Å². The molecule has 1 atom stereocenters. The van der Waals surface area contributed by atoms with Crippen LogP contribution in [0.3, 0.4) is 0 Å². The van der Waals surface area contributed by atoms with Gasteiger partial charge in [-0.15, -0.1) is 10.2 Å². The summed E-state index contributed by atoms with van der Waals surface area (Å²) < 4.78 is 5.77. The fourth-order valence-corrected chi connectivity index (χ4v) is 3.59. The molecule has 1 aromatic heterocycles. The van der Waals surface area contributed by atoms with Crippen LogP contribution in [-0.4, -0.2) is 21.2 Å². The van der Waals surface area contributed by atoms with Gasteiger partial charge in [0.15, 0.2) is 5.78 Å². The molecule has 2 aromatic rings. The summed E-state index contributed by atoms with van der Waals surface area (Å²) in [4.78, 5) is 12.3.